The number of amides is 1. The van der Waals surface area contributed by atoms with Gasteiger partial charge in [0.25, 0.3) is 5.91 Å². The van der Waals surface area contributed by atoms with Crippen LogP contribution in [0.4, 0.5) is 0 Å². The Morgan fingerprint density at radius 2 is 1.88 bits per heavy atom. The van der Waals surface area contributed by atoms with Gasteiger partial charge in [-0.05, 0) is 43.0 Å². The van der Waals surface area contributed by atoms with Crippen molar-refractivity contribution in [2.24, 2.45) is 11.0 Å². The third-order valence-electron chi connectivity index (χ3n) is 4.60. The smallest absolute Gasteiger partial charge is 0.291 e. The quantitative estimate of drug-likeness (QED) is 0.504. The second-order valence-electron chi connectivity index (χ2n) is 6.49. The van der Waals surface area contributed by atoms with Crippen LogP contribution in [0.3, 0.4) is 0 Å². The minimum Gasteiger partial charge on any atom is -0.497 e. The molecule has 1 N–H and O–H groups in total. The lowest BCUT2D eigenvalue weighted by Crippen LogP contribution is -2.20. The van der Waals surface area contributed by atoms with Gasteiger partial charge in [-0.3, -0.25) is 9.78 Å². The molecule has 1 saturated carbocycles. The number of nitrogens with zero attached hydrogens (tertiary/aromatic N) is 3. The molecule has 136 valence electrons. The molecule has 0 atom stereocenters. The molecule has 0 radical (unpaired) electrons. The van der Waals surface area contributed by atoms with E-state index in [1.807, 2.05) is 30.5 Å². The molecule has 2 aromatic rings. The van der Waals surface area contributed by atoms with E-state index in [9.17, 15) is 4.79 Å². The highest BCUT2D eigenvalue weighted by Gasteiger charge is 2.11. The van der Waals surface area contributed by atoms with Gasteiger partial charge in [0.15, 0.2) is 0 Å². The molecule has 1 aliphatic carbocycles. The van der Waals surface area contributed by atoms with Gasteiger partial charge in [0, 0.05) is 11.8 Å². The molecular formula is C20H24N4O2. The molecule has 1 aromatic carbocycles. The monoisotopic (exact) mass is 352 g/mol. The molecule has 1 aromatic heterocycles. The molecule has 6 heteroatoms. The van der Waals surface area contributed by atoms with E-state index in [-0.39, 0.29) is 11.6 Å². The molecular weight excluding hydrogens is 328 g/mol. The number of hydrogen-bond acceptors (Lipinski definition) is 5. The highest BCUT2D eigenvalue weighted by molar-refractivity contribution is 5.92. The van der Waals surface area contributed by atoms with Crippen molar-refractivity contribution >= 4 is 12.1 Å². The highest BCUT2D eigenvalue weighted by atomic mass is 16.5. The first-order valence-corrected chi connectivity index (χ1v) is 9.06. The number of rotatable bonds is 5. The van der Waals surface area contributed by atoms with Gasteiger partial charge in [-0.1, -0.05) is 25.7 Å². The fourth-order valence-corrected chi connectivity index (χ4v) is 3.09. The van der Waals surface area contributed by atoms with Gasteiger partial charge >= 0.3 is 0 Å². The molecule has 26 heavy (non-hydrogen) atoms. The van der Waals surface area contributed by atoms with E-state index < -0.39 is 0 Å². The zero-order chi connectivity index (χ0) is 18.2. The summed E-state index contributed by atoms with van der Waals surface area (Å²) in [5.41, 5.74) is 4.32. The average molecular weight is 352 g/mol. The molecule has 0 saturated heterocycles. The van der Waals surface area contributed by atoms with Gasteiger partial charge in [0.05, 0.1) is 25.2 Å². The number of aromatic nitrogens is 2. The summed E-state index contributed by atoms with van der Waals surface area (Å²) < 4.78 is 5.15. The molecule has 0 unspecified atom stereocenters. The Bertz CT molecular complexity index is 751. The van der Waals surface area contributed by atoms with E-state index in [1.54, 1.807) is 13.3 Å². The molecule has 1 amide bonds. The van der Waals surface area contributed by atoms with Gasteiger partial charge in [-0.2, -0.15) is 5.10 Å². The van der Waals surface area contributed by atoms with Crippen LogP contribution >= 0.6 is 0 Å². The summed E-state index contributed by atoms with van der Waals surface area (Å²) in [4.78, 5) is 20.8. The standard InChI is InChI=1S/C20H24N4O2/c1-26-17-10-8-16(9-11-17)18-13-21-14-19(23-18)20(25)24-22-12-15-6-4-2-3-5-7-15/h8-15H,2-7H2,1H3,(H,24,25)/b22-12+. The zero-order valence-electron chi connectivity index (χ0n) is 15.0. The lowest BCUT2D eigenvalue weighted by atomic mass is 10.0. The first-order chi connectivity index (χ1) is 12.8. The maximum atomic E-state index is 12.3. The molecule has 0 bridgehead atoms. The Labute approximate surface area is 153 Å². The lowest BCUT2D eigenvalue weighted by molar-refractivity contribution is 0.0949. The highest BCUT2D eigenvalue weighted by Crippen LogP contribution is 2.21. The van der Waals surface area contributed by atoms with Gasteiger partial charge in [0.1, 0.15) is 11.4 Å². The Morgan fingerprint density at radius 1 is 1.15 bits per heavy atom. The van der Waals surface area contributed by atoms with Crippen LogP contribution in [0, 0.1) is 5.92 Å². The first-order valence-electron chi connectivity index (χ1n) is 9.06. The Balaban J connectivity index is 1.63. The summed E-state index contributed by atoms with van der Waals surface area (Å²) in [6.07, 6.45) is 12.3. The Kier molecular flexibility index (Phi) is 6.30. The minimum atomic E-state index is -0.349. The third kappa shape index (κ3) is 4.88. The van der Waals surface area contributed by atoms with Crippen LogP contribution < -0.4 is 10.2 Å². The second kappa shape index (κ2) is 9.08. The molecule has 0 aliphatic heterocycles. The number of hydrogen-bond donors (Lipinski definition) is 1. The number of hydrazone groups is 1. The van der Waals surface area contributed by atoms with Crippen molar-refractivity contribution in [3.8, 4) is 17.0 Å². The van der Waals surface area contributed by atoms with Crippen molar-refractivity contribution in [3.63, 3.8) is 0 Å². The van der Waals surface area contributed by atoms with Crippen molar-refractivity contribution < 1.29 is 9.53 Å². The maximum absolute atomic E-state index is 12.3. The molecule has 0 spiro atoms. The SMILES string of the molecule is COc1ccc(-c2cncc(C(=O)N/N=C/C3CCCCCC3)n2)cc1. The van der Waals surface area contributed by atoms with E-state index in [4.69, 9.17) is 4.74 Å². The maximum Gasteiger partial charge on any atom is 0.291 e. The van der Waals surface area contributed by atoms with Crippen molar-refractivity contribution in [1.82, 2.24) is 15.4 Å². The first kappa shape index (κ1) is 18.0. The lowest BCUT2D eigenvalue weighted by Gasteiger charge is -2.07. The second-order valence-corrected chi connectivity index (χ2v) is 6.49. The Morgan fingerprint density at radius 3 is 2.58 bits per heavy atom. The van der Waals surface area contributed by atoms with Crippen LogP contribution in [0.1, 0.15) is 49.0 Å². The van der Waals surface area contributed by atoms with Crippen LogP contribution in [-0.2, 0) is 0 Å². The number of ether oxygens (including phenoxy) is 1. The van der Waals surface area contributed by atoms with E-state index in [0.717, 1.165) is 24.2 Å². The largest absolute Gasteiger partial charge is 0.497 e. The topological polar surface area (TPSA) is 76.5 Å². The van der Waals surface area contributed by atoms with Gasteiger partial charge in [-0.15, -0.1) is 0 Å². The average Bonchev–Trinajstić information content (AvgIpc) is 2.97. The predicted octanol–water partition coefficient (Wildman–Crippen LogP) is 3.84. The summed E-state index contributed by atoms with van der Waals surface area (Å²) in [5, 5.41) is 4.13. The van der Waals surface area contributed by atoms with Crippen LogP contribution in [0.2, 0.25) is 0 Å². The number of methoxy groups -OCH3 is 1. The van der Waals surface area contributed by atoms with Crippen LogP contribution in [0.25, 0.3) is 11.3 Å². The van der Waals surface area contributed by atoms with Crippen molar-refractivity contribution in [1.29, 1.82) is 0 Å². The summed E-state index contributed by atoms with van der Waals surface area (Å²) in [7, 11) is 1.62. The summed E-state index contributed by atoms with van der Waals surface area (Å²) in [5.74, 6) is 0.871. The fourth-order valence-electron chi connectivity index (χ4n) is 3.09. The molecule has 3 rings (SSSR count). The van der Waals surface area contributed by atoms with E-state index in [1.165, 1.54) is 31.9 Å². The number of carbonyl (C=O) groups is 1. The van der Waals surface area contributed by atoms with E-state index >= 15 is 0 Å². The van der Waals surface area contributed by atoms with Crippen molar-refractivity contribution in [2.45, 2.75) is 38.5 Å². The van der Waals surface area contributed by atoms with E-state index in [2.05, 4.69) is 20.5 Å². The molecule has 1 aliphatic rings. The predicted molar refractivity (Wildman–Crippen MR) is 101 cm³/mol. The van der Waals surface area contributed by atoms with Crippen LogP contribution in [0.15, 0.2) is 41.8 Å². The summed E-state index contributed by atoms with van der Waals surface area (Å²) in [6, 6.07) is 7.46. The normalized spacial score (nSPS) is 15.6. The van der Waals surface area contributed by atoms with E-state index in [0.29, 0.717) is 11.6 Å². The Hall–Kier alpha value is -2.76. The molecule has 1 fully saturated rings. The number of carbonyl (C=O) groups excluding carboxylic acids is 1. The molecule has 6 nitrogen and oxygen atoms in total. The van der Waals surface area contributed by atoms with Crippen molar-refractivity contribution in [2.75, 3.05) is 7.11 Å². The fraction of sp³-hybridized carbons (Fsp3) is 0.400. The van der Waals surface area contributed by atoms with Gasteiger partial charge in [0.2, 0.25) is 0 Å². The van der Waals surface area contributed by atoms with Crippen LogP contribution in [-0.4, -0.2) is 29.2 Å². The number of benzene rings is 1. The van der Waals surface area contributed by atoms with Crippen LogP contribution in [0.5, 0.6) is 5.75 Å². The van der Waals surface area contributed by atoms with Crippen molar-refractivity contribution in [3.05, 3.63) is 42.4 Å². The summed E-state index contributed by atoms with van der Waals surface area (Å²) >= 11 is 0. The third-order valence-corrected chi connectivity index (χ3v) is 4.60. The minimum absolute atomic E-state index is 0.247. The molecule has 1 heterocycles. The zero-order valence-corrected chi connectivity index (χ0v) is 15.0. The van der Waals surface area contributed by atoms with Gasteiger partial charge < -0.3 is 4.74 Å². The number of nitrogens with one attached hydrogen (secondary N) is 1. The summed E-state index contributed by atoms with van der Waals surface area (Å²) in [6.45, 7) is 0. The van der Waals surface area contributed by atoms with Gasteiger partial charge in [-0.25, -0.2) is 10.4 Å².